The van der Waals surface area contributed by atoms with Crippen molar-refractivity contribution in [1.29, 1.82) is 5.26 Å². The van der Waals surface area contributed by atoms with Crippen LogP contribution < -0.4 is 10.3 Å². The molecule has 1 saturated heterocycles. The van der Waals surface area contributed by atoms with Crippen LogP contribution in [0.15, 0.2) is 59.5 Å². The molecule has 5 rings (SSSR count). The zero-order chi connectivity index (χ0) is 25.4. The van der Waals surface area contributed by atoms with Crippen LogP contribution in [0.4, 0.5) is 0 Å². The maximum Gasteiger partial charge on any atom is 0.262 e. The van der Waals surface area contributed by atoms with E-state index >= 15 is 0 Å². The molecule has 1 aliphatic rings. The molecular formula is C24H21N5O7. The van der Waals surface area contributed by atoms with Crippen molar-refractivity contribution >= 4 is 11.0 Å². The third-order valence-corrected chi connectivity index (χ3v) is 5.91. The van der Waals surface area contributed by atoms with E-state index in [-0.39, 0.29) is 17.1 Å². The maximum atomic E-state index is 12.7. The minimum atomic E-state index is -1.55. The smallest absolute Gasteiger partial charge is 0.262 e. The fraction of sp³-hybridized carbons (Fsp3) is 0.250. The van der Waals surface area contributed by atoms with Gasteiger partial charge in [0.15, 0.2) is 5.65 Å². The van der Waals surface area contributed by atoms with Gasteiger partial charge < -0.3 is 34.9 Å². The lowest BCUT2D eigenvalue weighted by atomic mass is 9.99. The number of benzene rings is 2. The summed E-state index contributed by atoms with van der Waals surface area (Å²) in [7, 11) is 0. The largest absolute Gasteiger partial charge is 0.462 e. The zero-order valence-electron chi connectivity index (χ0n) is 18.6. The fourth-order valence-corrected chi connectivity index (χ4v) is 3.91. The highest BCUT2D eigenvalue weighted by Gasteiger charge is 2.44. The van der Waals surface area contributed by atoms with Crippen LogP contribution in [-0.2, 0) is 4.74 Å². The van der Waals surface area contributed by atoms with Gasteiger partial charge in [-0.3, -0.25) is 4.79 Å². The maximum absolute atomic E-state index is 12.7. The van der Waals surface area contributed by atoms with Gasteiger partial charge in [-0.15, -0.1) is 0 Å². The Morgan fingerprint density at radius 2 is 1.78 bits per heavy atom. The topological polar surface area (TPSA) is 187 Å². The molecule has 12 nitrogen and oxygen atoms in total. The van der Waals surface area contributed by atoms with E-state index in [0.29, 0.717) is 27.8 Å². The number of ether oxygens (including phenoxy) is 2. The molecule has 0 amide bonds. The predicted octanol–water partition coefficient (Wildman–Crippen LogP) is -0.174. The Balaban J connectivity index is 1.41. The lowest BCUT2D eigenvalue weighted by molar-refractivity contribution is -0.277. The van der Waals surface area contributed by atoms with Gasteiger partial charge in [0.1, 0.15) is 41.4 Å². The Morgan fingerprint density at radius 3 is 2.44 bits per heavy atom. The third-order valence-electron chi connectivity index (χ3n) is 5.91. The average molecular weight is 491 g/mol. The van der Waals surface area contributed by atoms with Gasteiger partial charge in [-0.2, -0.15) is 10.4 Å². The fourth-order valence-electron chi connectivity index (χ4n) is 3.91. The quantitative estimate of drug-likeness (QED) is 0.251. The molecule has 36 heavy (non-hydrogen) atoms. The molecule has 1 fully saturated rings. The van der Waals surface area contributed by atoms with Crippen LogP contribution in [0.1, 0.15) is 5.56 Å². The summed E-state index contributed by atoms with van der Waals surface area (Å²) < 4.78 is 12.5. The number of nitriles is 1. The van der Waals surface area contributed by atoms with Crippen molar-refractivity contribution < 1.29 is 29.9 Å². The highest BCUT2D eigenvalue weighted by molar-refractivity contribution is 5.77. The predicted molar refractivity (Wildman–Crippen MR) is 124 cm³/mol. The second-order valence-corrected chi connectivity index (χ2v) is 8.21. The molecule has 0 radical (unpaired) electrons. The highest BCUT2D eigenvalue weighted by atomic mass is 16.7. The lowest BCUT2D eigenvalue weighted by Gasteiger charge is -2.39. The Labute approximate surface area is 203 Å². The number of aromatic amines is 1. The van der Waals surface area contributed by atoms with Crippen LogP contribution in [0.2, 0.25) is 0 Å². The van der Waals surface area contributed by atoms with Gasteiger partial charge in [-0.05, 0) is 48.5 Å². The SMILES string of the molecule is N#Cc1ccc(-n2ncc3c(=O)[nH]c(-c4ccc(OC5OC(CO)C(O)C(O)C5O)cc4)nc32)cc1. The first-order chi connectivity index (χ1) is 17.4. The van der Waals surface area contributed by atoms with Crippen molar-refractivity contribution in [3.63, 3.8) is 0 Å². The Morgan fingerprint density at radius 1 is 1.06 bits per heavy atom. The first-order valence-corrected chi connectivity index (χ1v) is 11.0. The van der Waals surface area contributed by atoms with E-state index in [4.69, 9.17) is 14.7 Å². The second kappa shape index (κ2) is 9.50. The number of nitrogens with one attached hydrogen (secondary N) is 1. The molecule has 0 spiro atoms. The molecule has 184 valence electrons. The number of nitrogens with zero attached hydrogens (tertiary/aromatic N) is 4. The summed E-state index contributed by atoms with van der Waals surface area (Å²) in [6, 6.07) is 15.1. The van der Waals surface area contributed by atoms with E-state index in [0.717, 1.165) is 0 Å². The van der Waals surface area contributed by atoms with Gasteiger partial charge in [-0.1, -0.05) is 0 Å². The molecule has 1 aliphatic heterocycles. The van der Waals surface area contributed by atoms with Crippen LogP contribution >= 0.6 is 0 Å². The summed E-state index contributed by atoms with van der Waals surface area (Å²) in [6.45, 7) is -0.565. The van der Waals surface area contributed by atoms with Crippen LogP contribution in [0.25, 0.3) is 28.1 Å². The van der Waals surface area contributed by atoms with Gasteiger partial charge in [0.25, 0.3) is 5.56 Å². The molecule has 0 bridgehead atoms. The van der Waals surface area contributed by atoms with Crippen molar-refractivity contribution in [2.24, 2.45) is 0 Å². The minimum Gasteiger partial charge on any atom is -0.462 e. The molecule has 12 heteroatoms. The lowest BCUT2D eigenvalue weighted by Crippen LogP contribution is -2.60. The Hall–Kier alpha value is -4.12. The number of hydrogen-bond acceptors (Lipinski definition) is 10. The number of rotatable bonds is 5. The van der Waals surface area contributed by atoms with Crippen molar-refractivity contribution in [2.45, 2.75) is 30.7 Å². The molecule has 5 N–H and O–H groups in total. The van der Waals surface area contributed by atoms with E-state index in [9.17, 15) is 25.2 Å². The normalized spacial score (nSPS) is 23.9. The molecule has 3 heterocycles. The van der Waals surface area contributed by atoms with E-state index in [1.807, 2.05) is 0 Å². The minimum absolute atomic E-state index is 0.272. The summed E-state index contributed by atoms with van der Waals surface area (Å²) in [6.07, 6.45) is -5.56. The monoisotopic (exact) mass is 491 g/mol. The van der Waals surface area contributed by atoms with Gasteiger partial charge in [-0.25, -0.2) is 9.67 Å². The molecule has 0 saturated carbocycles. The van der Waals surface area contributed by atoms with Crippen molar-refractivity contribution in [1.82, 2.24) is 19.7 Å². The van der Waals surface area contributed by atoms with Crippen molar-refractivity contribution in [3.8, 4) is 28.9 Å². The summed E-state index contributed by atoms with van der Waals surface area (Å²) in [4.78, 5) is 20.0. The number of aliphatic hydroxyl groups excluding tert-OH is 4. The summed E-state index contributed by atoms with van der Waals surface area (Å²) in [5.74, 6) is 0.552. The second-order valence-electron chi connectivity index (χ2n) is 8.21. The van der Waals surface area contributed by atoms with E-state index < -0.39 is 37.3 Å². The molecule has 2 aromatic heterocycles. The Bertz CT molecular complexity index is 1470. The standard InChI is InChI=1S/C24H21N5O7/c25-9-12-1-5-14(6-2-12)29-22-16(10-26-29)23(34)28-21(27-22)13-3-7-15(8-4-13)35-24-20(33)19(32)18(31)17(11-30)36-24/h1-8,10,17-20,24,30-33H,11H2,(H,27,28,34). The summed E-state index contributed by atoms with van der Waals surface area (Å²) >= 11 is 0. The van der Waals surface area contributed by atoms with Crippen LogP contribution in [0.5, 0.6) is 5.75 Å². The van der Waals surface area contributed by atoms with Gasteiger partial charge in [0, 0.05) is 5.56 Å². The number of hydrogen-bond donors (Lipinski definition) is 5. The Kier molecular flexibility index (Phi) is 6.23. The number of aromatic nitrogens is 4. The highest BCUT2D eigenvalue weighted by Crippen LogP contribution is 2.26. The van der Waals surface area contributed by atoms with Gasteiger partial charge >= 0.3 is 0 Å². The number of aliphatic hydroxyl groups is 4. The van der Waals surface area contributed by atoms with E-state index in [1.54, 1.807) is 48.5 Å². The number of fused-ring (bicyclic) bond motifs is 1. The van der Waals surface area contributed by atoms with Crippen molar-refractivity contribution in [2.75, 3.05) is 6.61 Å². The molecular weight excluding hydrogens is 470 g/mol. The molecule has 5 atom stereocenters. The zero-order valence-corrected chi connectivity index (χ0v) is 18.6. The third kappa shape index (κ3) is 4.22. The first-order valence-electron chi connectivity index (χ1n) is 11.0. The number of H-pyrrole nitrogens is 1. The van der Waals surface area contributed by atoms with Gasteiger partial charge in [0.2, 0.25) is 6.29 Å². The van der Waals surface area contributed by atoms with E-state index in [2.05, 4.69) is 21.1 Å². The van der Waals surface area contributed by atoms with Gasteiger partial charge in [0.05, 0.1) is 30.1 Å². The van der Waals surface area contributed by atoms with Crippen LogP contribution in [-0.4, -0.2) is 77.5 Å². The molecule has 0 aliphatic carbocycles. The molecule has 2 aromatic carbocycles. The summed E-state index contributed by atoms with van der Waals surface area (Å²) in [5.41, 5.74) is 1.64. The van der Waals surface area contributed by atoms with Crippen LogP contribution in [0, 0.1) is 11.3 Å². The first kappa shape index (κ1) is 23.6. The molecule has 4 aromatic rings. The summed E-state index contributed by atoms with van der Waals surface area (Å²) in [5, 5.41) is 52.9. The average Bonchev–Trinajstić information content (AvgIpc) is 3.34. The molecule has 5 unspecified atom stereocenters. The van der Waals surface area contributed by atoms with Crippen molar-refractivity contribution in [3.05, 3.63) is 70.6 Å². The van der Waals surface area contributed by atoms with E-state index in [1.165, 1.54) is 10.9 Å². The van der Waals surface area contributed by atoms with Crippen LogP contribution in [0.3, 0.4) is 0 Å².